The maximum absolute atomic E-state index is 5.94. The van der Waals surface area contributed by atoms with E-state index in [2.05, 4.69) is 30.4 Å². The molecule has 17 heavy (non-hydrogen) atoms. The highest BCUT2D eigenvalue weighted by atomic mass is 32.2. The summed E-state index contributed by atoms with van der Waals surface area (Å²) in [6.45, 7) is 7.36. The molecule has 0 saturated heterocycles. The number of anilines is 2. The molecule has 0 amide bonds. The lowest BCUT2D eigenvalue weighted by Gasteiger charge is -2.30. The van der Waals surface area contributed by atoms with Crippen LogP contribution in [0.1, 0.15) is 32.3 Å². The molecule has 1 aromatic heterocycles. The molecular formula is C13H23N3S. The third kappa shape index (κ3) is 3.53. The molecule has 0 saturated carbocycles. The van der Waals surface area contributed by atoms with E-state index in [1.54, 1.807) is 0 Å². The second kappa shape index (κ2) is 6.15. The minimum atomic E-state index is 0.277. The Bertz CT molecular complexity index is 353. The van der Waals surface area contributed by atoms with Crippen LogP contribution in [0.5, 0.6) is 0 Å². The van der Waals surface area contributed by atoms with Gasteiger partial charge in [0.25, 0.3) is 0 Å². The number of nitrogens with two attached hydrogens (primary N) is 1. The Morgan fingerprint density at radius 1 is 1.41 bits per heavy atom. The molecule has 0 aliphatic rings. The number of aryl methyl sites for hydroxylation is 1. The minimum absolute atomic E-state index is 0.277. The lowest BCUT2D eigenvalue weighted by Crippen LogP contribution is -2.32. The Hall–Kier alpha value is -0.900. The van der Waals surface area contributed by atoms with E-state index >= 15 is 0 Å². The van der Waals surface area contributed by atoms with Gasteiger partial charge in [-0.15, -0.1) is 0 Å². The van der Waals surface area contributed by atoms with Gasteiger partial charge >= 0.3 is 0 Å². The molecule has 0 bridgehead atoms. The van der Waals surface area contributed by atoms with Crippen LogP contribution in [0, 0.1) is 6.92 Å². The van der Waals surface area contributed by atoms with E-state index < -0.39 is 0 Å². The van der Waals surface area contributed by atoms with Gasteiger partial charge in [-0.2, -0.15) is 11.8 Å². The van der Waals surface area contributed by atoms with Gasteiger partial charge in [-0.1, -0.05) is 13.8 Å². The molecule has 1 aromatic rings. The Morgan fingerprint density at radius 2 is 2.06 bits per heavy atom. The largest absolute Gasteiger partial charge is 0.396 e. The molecule has 1 rings (SSSR count). The molecule has 0 aliphatic heterocycles. The van der Waals surface area contributed by atoms with E-state index in [-0.39, 0.29) is 4.75 Å². The fraction of sp³-hybridized carbons (Fsp3) is 0.615. The van der Waals surface area contributed by atoms with Crippen LogP contribution in [0.25, 0.3) is 0 Å². The lowest BCUT2D eigenvalue weighted by atomic mass is 10.0. The zero-order valence-electron chi connectivity index (χ0n) is 11.2. The first-order chi connectivity index (χ1) is 8.06. The third-order valence-electron chi connectivity index (χ3n) is 3.35. The topological polar surface area (TPSA) is 50.9 Å². The van der Waals surface area contributed by atoms with Crippen LogP contribution in [0.15, 0.2) is 12.3 Å². The average molecular weight is 253 g/mol. The summed E-state index contributed by atoms with van der Waals surface area (Å²) in [5.74, 6) is 0.802. The van der Waals surface area contributed by atoms with Crippen LogP contribution >= 0.6 is 11.8 Å². The Morgan fingerprint density at radius 3 is 2.53 bits per heavy atom. The predicted molar refractivity (Wildman–Crippen MR) is 78.7 cm³/mol. The first kappa shape index (κ1) is 14.2. The molecule has 3 nitrogen and oxygen atoms in total. The molecule has 0 unspecified atom stereocenters. The number of nitrogen functional groups attached to an aromatic ring is 1. The maximum atomic E-state index is 5.94. The van der Waals surface area contributed by atoms with Crippen molar-refractivity contribution in [3.8, 4) is 0 Å². The van der Waals surface area contributed by atoms with Gasteiger partial charge in [0.15, 0.2) is 0 Å². The van der Waals surface area contributed by atoms with Gasteiger partial charge in [0.2, 0.25) is 0 Å². The average Bonchev–Trinajstić information content (AvgIpc) is 2.33. The van der Waals surface area contributed by atoms with Crippen molar-refractivity contribution in [2.75, 3.05) is 23.9 Å². The van der Waals surface area contributed by atoms with Gasteiger partial charge in [0.05, 0.1) is 5.69 Å². The molecule has 0 fully saturated rings. The van der Waals surface area contributed by atoms with Gasteiger partial charge < -0.3 is 11.1 Å². The number of rotatable bonds is 6. The number of nitrogens with one attached hydrogen (secondary N) is 1. The van der Waals surface area contributed by atoms with Gasteiger partial charge in [-0.3, -0.25) is 0 Å². The van der Waals surface area contributed by atoms with Crippen molar-refractivity contribution in [1.29, 1.82) is 0 Å². The molecule has 1 heterocycles. The number of pyridine rings is 1. The van der Waals surface area contributed by atoms with E-state index in [4.69, 9.17) is 5.73 Å². The number of hydrogen-bond donors (Lipinski definition) is 2. The summed E-state index contributed by atoms with van der Waals surface area (Å²) < 4.78 is 0.277. The molecule has 0 radical (unpaired) electrons. The number of aromatic nitrogens is 1. The highest BCUT2D eigenvalue weighted by Gasteiger charge is 2.24. The quantitative estimate of drug-likeness (QED) is 0.816. The third-order valence-corrected chi connectivity index (χ3v) is 4.94. The van der Waals surface area contributed by atoms with Crippen molar-refractivity contribution in [1.82, 2.24) is 4.98 Å². The summed E-state index contributed by atoms with van der Waals surface area (Å²) in [4.78, 5) is 4.34. The van der Waals surface area contributed by atoms with Crippen LogP contribution in [-0.2, 0) is 0 Å². The number of thioether (sulfide) groups is 1. The minimum Gasteiger partial charge on any atom is -0.396 e. The fourth-order valence-electron chi connectivity index (χ4n) is 1.85. The van der Waals surface area contributed by atoms with Crippen LogP contribution in [-0.4, -0.2) is 22.5 Å². The standard InChI is InChI=1S/C13H23N3S/c1-5-13(6-2,17-4)9-16-12-11(14)7-10(3)8-15-12/h7-8H,5-6,9,14H2,1-4H3,(H,15,16). The van der Waals surface area contributed by atoms with E-state index in [1.165, 1.54) is 0 Å². The summed E-state index contributed by atoms with van der Waals surface area (Å²) in [6, 6.07) is 1.95. The highest BCUT2D eigenvalue weighted by Crippen LogP contribution is 2.31. The van der Waals surface area contributed by atoms with Crippen molar-refractivity contribution < 1.29 is 0 Å². The summed E-state index contributed by atoms with van der Waals surface area (Å²) in [5, 5.41) is 3.38. The van der Waals surface area contributed by atoms with E-state index in [0.29, 0.717) is 0 Å². The van der Waals surface area contributed by atoms with Gasteiger partial charge in [0, 0.05) is 17.5 Å². The first-order valence-corrected chi connectivity index (χ1v) is 7.30. The summed E-state index contributed by atoms with van der Waals surface area (Å²) >= 11 is 1.91. The van der Waals surface area contributed by atoms with Crippen LogP contribution in [0.4, 0.5) is 11.5 Å². The van der Waals surface area contributed by atoms with Crippen molar-refractivity contribution in [3.63, 3.8) is 0 Å². The second-order valence-corrected chi connectivity index (χ2v) is 5.67. The Balaban J connectivity index is 2.72. The van der Waals surface area contributed by atoms with E-state index in [0.717, 1.165) is 36.5 Å². The van der Waals surface area contributed by atoms with Crippen LogP contribution < -0.4 is 11.1 Å². The zero-order chi connectivity index (χ0) is 12.9. The lowest BCUT2D eigenvalue weighted by molar-refractivity contribution is 0.574. The van der Waals surface area contributed by atoms with Gasteiger partial charge in [-0.25, -0.2) is 4.98 Å². The summed E-state index contributed by atoms with van der Waals surface area (Å²) in [6.07, 6.45) is 6.30. The molecule has 96 valence electrons. The number of nitrogens with zero attached hydrogens (tertiary/aromatic N) is 1. The monoisotopic (exact) mass is 253 g/mol. The Kier molecular flexibility index (Phi) is 5.12. The second-order valence-electron chi connectivity index (χ2n) is 4.40. The highest BCUT2D eigenvalue weighted by molar-refractivity contribution is 8.00. The summed E-state index contributed by atoms with van der Waals surface area (Å²) in [5.41, 5.74) is 7.76. The number of hydrogen-bond acceptors (Lipinski definition) is 4. The van der Waals surface area contributed by atoms with E-state index in [9.17, 15) is 0 Å². The maximum Gasteiger partial charge on any atom is 0.149 e. The molecule has 0 spiro atoms. The van der Waals surface area contributed by atoms with Crippen molar-refractivity contribution in [2.24, 2.45) is 0 Å². The molecular weight excluding hydrogens is 230 g/mol. The van der Waals surface area contributed by atoms with Crippen LogP contribution in [0.3, 0.4) is 0 Å². The van der Waals surface area contributed by atoms with Crippen LogP contribution in [0.2, 0.25) is 0 Å². The molecule has 4 heteroatoms. The normalized spacial score (nSPS) is 11.5. The zero-order valence-corrected chi connectivity index (χ0v) is 12.0. The SMILES string of the molecule is CCC(CC)(CNc1ncc(C)cc1N)SC. The summed E-state index contributed by atoms with van der Waals surface area (Å²) in [7, 11) is 0. The predicted octanol–water partition coefficient (Wildman–Crippen LogP) is 3.31. The van der Waals surface area contributed by atoms with Gasteiger partial charge in [0.1, 0.15) is 5.82 Å². The first-order valence-electron chi connectivity index (χ1n) is 6.08. The van der Waals surface area contributed by atoms with Crippen molar-refractivity contribution in [2.45, 2.75) is 38.4 Å². The smallest absolute Gasteiger partial charge is 0.149 e. The van der Waals surface area contributed by atoms with E-state index in [1.807, 2.05) is 30.9 Å². The van der Waals surface area contributed by atoms with Crippen molar-refractivity contribution in [3.05, 3.63) is 17.8 Å². The molecule has 0 aromatic carbocycles. The van der Waals surface area contributed by atoms with Gasteiger partial charge in [-0.05, 0) is 37.7 Å². The molecule has 0 aliphatic carbocycles. The molecule has 3 N–H and O–H groups in total. The molecule has 0 atom stereocenters. The fourth-order valence-corrected chi connectivity index (χ4v) is 2.64. The van der Waals surface area contributed by atoms with Crippen molar-refractivity contribution >= 4 is 23.3 Å². The Labute approximate surface area is 109 Å².